The molecule has 0 amide bonds. The second kappa shape index (κ2) is 5.80. The molecule has 0 aromatic carbocycles. The van der Waals surface area contributed by atoms with E-state index in [1.54, 1.807) is 25.5 Å². The lowest BCUT2D eigenvalue weighted by Crippen LogP contribution is -2.25. The van der Waals surface area contributed by atoms with Crippen LogP contribution in [0.5, 0.6) is 0 Å². The third kappa shape index (κ3) is 2.86. The number of sulfonamides is 1. The molecule has 8 nitrogen and oxygen atoms in total. The van der Waals surface area contributed by atoms with Crippen molar-refractivity contribution in [3.63, 3.8) is 0 Å². The van der Waals surface area contributed by atoms with Crippen molar-refractivity contribution in [2.45, 2.75) is 58.9 Å². The predicted octanol–water partition coefficient (Wildman–Crippen LogP) is 3.21. The van der Waals surface area contributed by atoms with Crippen LogP contribution in [0.2, 0.25) is 0 Å². The van der Waals surface area contributed by atoms with Gasteiger partial charge in [0, 0.05) is 5.56 Å². The van der Waals surface area contributed by atoms with Gasteiger partial charge in [-0.05, 0) is 48.5 Å². The molecule has 3 aromatic rings. The zero-order valence-corrected chi connectivity index (χ0v) is 16.8. The first kappa shape index (κ1) is 18.4. The summed E-state index contributed by atoms with van der Waals surface area (Å²) in [6, 6.07) is 0. The van der Waals surface area contributed by atoms with Gasteiger partial charge in [0.05, 0.1) is 22.3 Å². The van der Waals surface area contributed by atoms with Crippen LogP contribution in [0.15, 0.2) is 15.6 Å². The van der Waals surface area contributed by atoms with Gasteiger partial charge in [0.1, 0.15) is 17.0 Å². The molecule has 0 saturated heterocycles. The number of aromatic nitrogens is 4. The quantitative estimate of drug-likeness (QED) is 0.752. The fourth-order valence-corrected chi connectivity index (χ4v) is 4.52. The molecule has 0 spiro atoms. The Labute approximate surface area is 152 Å². The number of hydrogen-bond acceptors (Lipinski definition) is 6. The Morgan fingerprint density at radius 2 is 1.77 bits per heavy atom. The molecule has 3 heterocycles. The Hall–Kier alpha value is -2.42. The molecular formula is C17H23N5O3S. The lowest BCUT2D eigenvalue weighted by atomic mass is 10.1. The van der Waals surface area contributed by atoms with Crippen LogP contribution in [-0.2, 0) is 15.6 Å². The molecule has 9 heteroatoms. The Morgan fingerprint density at radius 1 is 1.12 bits per heavy atom. The first-order chi connectivity index (χ1) is 11.9. The van der Waals surface area contributed by atoms with Crippen molar-refractivity contribution in [2.75, 3.05) is 4.72 Å². The molecule has 0 fully saturated rings. The van der Waals surface area contributed by atoms with Gasteiger partial charge in [-0.1, -0.05) is 0 Å². The topological polar surface area (TPSA) is 103 Å². The average molecular weight is 377 g/mol. The lowest BCUT2D eigenvalue weighted by molar-refractivity contribution is 0.345. The number of anilines is 1. The first-order valence-electron chi connectivity index (χ1n) is 8.23. The van der Waals surface area contributed by atoms with E-state index in [9.17, 15) is 8.42 Å². The lowest BCUT2D eigenvalue weighted by Gasteiger charge is -2.21. The molecule has 3 aromatic heterocycles. The SMILES string of the molecule is Cc1nn(C(C)(C)C)c(C)c1S(=O)(=O)Nc1ncnc2oc(C)c(C)c12. The van der Waals surface area contributed by atoms with E-state index in [4.69, 9.17) is 4.42 Å². The predicted molar refractivity (Wildman–Crippen MR) is 98.8 cm³/mol. The molecule has 1 N–H and O–H groups in total. The molecule has 0 aliphatic rings. The number of aryl methyl sites for hydroxylation is 3. The monoisotopic (exact) mass is 377 g/mol. The average Bonchev–Trinajstić information content (AvgIpc) is 2.96. The minimum absolute atomic E-state index is 0.164. The fraction of sp³-hybridized carbons (Fsp3) is 0.471. The van der Waals surface area contributed by atoms with Gasteiger partial charge in [0.25, 0.3) is 10.0 Å². The van der Waals surface area contributed by atoms with Crippen LogP contribution in [0.25, 0.3) is 11.1 Å². The highest BCUT2D eigenvalue weighted by Crippen LogP contribution is 2.31. The van der Waals surface area contributed by atoms with E-state index in [1.807, 2.05) is 27.7 Å². The van der Waals surface area contributed by atoms with Gasteiger partial charge in [-0.15, -0.1) is 0 Å². The Morgan fingerprint density at radius 3 is 2.35 bits per heavy atom. The summed E-state index contributed by atoms with van der Waals surface area (Å²) in [6.45, 7) is 13.0. The number of nitrogens with zero attached hydrogens (tertiary/aromatic N) is 4. The van der Waals surface area contributed by atoms with Crippen LogP contribution in [0, 0.1) is 27.7 Å². The van der Waals surface area contributed by atoms with Gasteiger partial charge in [-0.2, -0.15) is 5.10 Å². The maximum atomic E-state index is 13.1. The third-order valence-electron chi connectivity index (χ3n) is 4.33. The van der Waals surface area contributed by atoms with E-state index in [1.165, 1.54) is 6.33 Å². The van der Waals surface area contributed by atoms with Gasteiger partial charge in [-0.3, -0.25) is 9.40 Å². The van der Waals surface area contributed by atoms with E-state index < -0.39 is 10.0 Å². The maximum absolute atomic E-state index is 13.1. The smallest absolute Gasteiger partial charge is 0.266 e. The number of furan rings is 1. The number of rotatable bonds is 3. The second-order valence-electron chi connectivity index (χ2n) is 7.37. The molecule has 0 unspecified atom stereocenters. The first-order valence-corrected chi connectivity index (χ1v) is 9.72. The second-order valence-corrected chi connectivity index (χ2v) is 8.99. The molecule has 0 aliphatic heterocycles. The Balaban J connectivity index is 2.14. The highest BCUT2D eigenvalue weighted by molar-refractivity contribution is 7.92. The van der Waals surface area contributed by atoms with Crippen molar-refractivity contribution < 1.29 is 12.8 Å². The highest BCUT2D eigenvalue weighted by Gasteiger charge is 2.29. The number of nitrogens with one attached hydrogen (secondary N) is 1. The van der Waals surface area contributed by atoms with Crippen LogP contribution in [-0.4, -0.2) is 28.2 Å². The molecule has 0 radical (unpaired) electrons. The van der Waals surface area contributed by atoms with Gasteiger partial charge in [-0.25, -0.2) is 18.4 Å². The zero-order chi connectivity index (χ0) is 19.4. The molecule has 0 atom stereocenters. The standard InChI is InChI=1S/C17H23N5O3S/c1-9-12(4)25-16-13(9)15(18-8-19-16)21-26(23,24)14-10(2)20-22(11(14)3)17(5,6)7/h8H,1-7H3,(H,18,19,21). The van der Waals surface area contributed by atoms with E-state index in [0.29, 0.717) is 28.2 Å². The normalized spacial score (nSPS) is 12.7. The molecule has 3 rings (SSSR count). The van der Waals surface area contributed by atoms with Crippen LogP contribution in [0.1, 0.15) is 43.5 Å². The van der Waals surface area contributed by atoms with Crippen molar-refractivity contribution in [1.82, 2.24) is 19.7 Å². The van der Waals surface area contributed by atoms with Crippen LogP contribution in [0.3, 0.4) is 0 Å². The minimum atomic E-state index is -3.88. The van der Waals surface area contributed by atoms with E-state index in [-0.39, 0.29) is 16.3 Å². The van der Waals surface area contributed by atoms with Crippen LogP contribution < -0.4 is 4.72 Å². The molecule has 0 bridgehead atoms. The highest BCUT2D eigenvalue weighted by atomic mass is 32.2. The molecule has 0 saturated carbocycles. The fourth-order valence-electron chi connectivity index (χ4n) is 3.11. The van der Waals surface area contributed by atoms with Gasteiger partial charge in [0.15, 0.2) is 5.82 Å². The van der Waals surface area contributed by atoms with E-state index in [0.717, 1.165) is 5.56 Å². The van der Waals surface area contributed by atoms with Gasteiger partial charge < -0.3 is 4.42 Å². The number of fused-ring (bicyclic) bond motifs is 1. The van der Waals surface area contributed by atoms with E-state index in [2.05, 4.69) is 19.8 Å². The molecule has 26 heavy (non-hydrogen) atoms. The summed E-state index contributed by atoms with van der Waals surface area (Å²) in [7, 11) is -3.88. The zero-order valence-electron chi connectivity index (χ0n) is 16.0. The molecule has 140 valence electrons. The summed E-state index contributed by atoms with van der Waals surface area (Å²) in [5.41, 5.74) is 1.84. The van der Waals surface area contributed by atoms with Gasteiger partial charge in [0.2, 0.25) is 5.71 Å². The summed E-state index contributed by atoms with van der Waals surface area (Å²) in [5.74, 6) is 0.875. The van der Waals surface area contributed by atoms with Crippen LogP contribution in [0.4, 0.5) is 5.82 Å². The summed E-state index contributed by atoms with van der Waals surface area (Å²) in [5, 5.41) is 4.98. The summed E-state index contributed by atoms with van der Waals surface area (Å²) < 4.78 is 36.0. The Kier molecular flexibility index (Phi) is 4.10. The summed E-state index contributed by atoms with van der Waals surface area (Å²) >= 11 is 0. The van der Waals surface area contributed by atoms with Crippen LogP contribution >= 0.6 is 0 Å². The van der Waals surface area contributed by atoms with Crippen molar-refractivity contribution in [1.29, 1.82) is 0 Å². The van der Waals surface area contributed by atoms with Crippen molar-refractivity contribution in [3.8, 4) is 0 Å². The molecular weight excluding hydrogens is 354 g/mol. The summed E-state index contributed by atoms with van der Waals surface area (Å²) in [6.07, 6.45) is 1.28. The minimum Gasteiger partial charge on any atom is -0.443 e. The summed E-state index contributed by atoms with van der Waals surface area (Å²) in [4.78, 5) is 8.35. The van der Waals surface area contributed by atoms with Gasteiger partial charge >= 0.3 is 0 Å². The Bertz CT molecular complexity index is 1100. The van der Waals surface area contributed by atoms with Crippen molar-refractivity contribution >= 4 is 26.9 Å². The number of hydrogen-bond donors (Lipinski definition) is 1. The van der Waals surface area contributed by atoms with Crippen molar-refractivity contribution in [2.24, 2.45) is 0 Å². The van der Waals surface area contributed by atoms with Crippen molar-refractivity contribution in [3.05, 3.63) is 29.0 Å². The largest absolute Gasteiger partial charge is 0.443 e. The maximum Gasteiger partial charge on any atom is 0.266 e. The molecule has 0 aliphatic carbocycles. The third-order valence-corrected chi connectivity index (χ3v) is 5.92. The van der Waals surface area contributed by atoms with E-state index >= 15 is 0 Å².